The maximum absolute atomic E-state index is 12.4. The lowest BCUT2D eigenvalue weighted by molar-refractivity contribution is -0.243. The number of esters is 1. The minimum atomic E-state index is -1.44. The molecule has 0 unspecified atom stereocenters. The minimum absolute atomic E-state index is 0.267. The molecule has 0 fully saturated rings. The second kappa shape index (κ2) is 14.6. The van der Waals surface area contributed by atoms with Crippen molar-refractivity contribution in [1.29, 1.82) is 0 Å². The fourth-order valence-corrected chi connectivity index (χ4v) is 4.78. The van der Waals surface area contributed by atoms with Crippen molar-refractivity contribution in [3.8, 4) is 11.5 Å². The third-order valence-electron chi connectivity index (χ3n) is 6.73. The topological polar surface area (TPSA) is 78.5 Å². The SMILES string of the molecule is CCOC(Cc1ccc(NCc2ccc(OCCCN3CCOc4ccccc43)cc2)cc1)(OCC)C(=O)OC. The predicted octanol–water partition coefficient (Wildman–Crippen LogP) is 5.45. The Kier molecular flexibility index (Phi) is 10.7. The summed E-state index contributed by atoms with van der Waals surface area (Å²) in [6, 6.07) is 24.3. The first-order valence-corrected chi connectivity index (χ1v) is 13.9. The quantitative estimate of drug-likeness (QED) is 0.153. The van der Waals surface area contributed by atoms with Gasteiger partial charge in [-0.1, -0.05) is 36.4 Å². The Bertz CT molecular complexity index is 1190. The smallest absolute Gasteiger partial charge is 0.366 e. The lowest BCUT2D eigenvalue weighted by Crippen LogP contribution is -2.47. The molecule has 1 heterocycles. The first-order chi connectivity index (χ1) is 19.6. The Morgan fingerprint density at radius 1 is 0.950 bits per heavy atom. The average Bonchev–Trinajstić information content (AvgIpc) is 2.99. The molecule has 1 N–H and O–H groups in total. The van der Waals surface area contributed by atoms with E-state index < -0.39 is 11.8 Å². The first-order valence-electron chi connectivity index (χ1n) is 13.9. The summed E-state index contributed by atoms with van der Waals surface area (Å²) in [6.45, 7) is 8.22. The highest BCUT2D eigenvalue weighted by atomic mass is 16.7. The number of carbonyl (C=O) groups is 1. The van der Waals surface area contributed by atoms with Crippen LogP contribution in [-0.4, -0.2) is 58.4 Å². The van der Waals surface area contributed by atoms with Gasteiger partial charge in [-0.15, -0.1) is 0 Å². The summed E-state index contributed by atoms with van der Waals surface area (Å²) in [6.07, 6.45) is 1.20. The summed E-state index contributed by atoms with van der Waals surface area (Å²) in [5.41, 5.74) is 4.20. The van der Waals surface area contributed by atoms with Crippen molar-refractivity contribution in [2.75, 3.05) is 56.8 Å². The molecular formula is C32H40N2O6. The molecule has 4 rings (SSSR count). The maximum Gasteiger partial charge on any atom is 0.366 e. The number of nitrogens with one attached hydrogen (secondary N) is 1. The molecule has 8 heteroatoms. The van der Waals surface area contributed by atoms with E-state index in [9.17, 15) is 4.79 Å². The number of nitrogens with zero attached hydrogens (tertiary/aromatic N) is 1. The van der Waals surface area contributed by atoms with Gasteiger partial charge in [-0.2, -0.15) is 0 Å². The summed E-state index contributed by atoms with van der Waals surface area (Å²) in [7, 11) is 1.34. The zero-order chi connectivity index (χ0) is 28.2. The van der Waals surface area contributed by atoms with Crippen LogP contribution in [0, 0.1) is 0 Å². The summed E-state index contributed by atoms with van der Waals surface area (Å²) >= 11 is 0. The largest absolute Gasteiger partial charge is 0.494 e. The van der Waals surface area contributed by atoms with Crippen LogP contribution in [0.15, 0.2) is 72.8 Å². The van der Waals surface area contributed by atoms with E-state index >= 15 is 0 Å². The van der Waals surface area contributed by atoms with Gasteiger partial charge in [0, 0.05) is 38.4 Å². The summed E-state index contributed by atoms with van der Waals surface area (Å²) < 4.78 is 28.1. The van der Waals surface area contributed by atoms with E-state index in [1.165, 1.54) is 7.11 Å². The fourth-order valence-electron chi connectivity index (χ4n) is 4.78. The lowest BCUT2D eigenvalue weighted by atomic mass is 10.0. The second-order valence-electron chi connectivity index (χ2n) is 9.49. The van der Waals surface area contributed by atoms with Crippen molar-refractivity contribution in [1.82, 2.24) is 0 Å². The maximum atomic E-state index is 12.4. The molecular weight excluding hydrogens is 508 g/mol. The van der Waals surface area contributed by atoms with E-state index in [2.05, 4.69) is 28.4 Å². The molecule has 0 saturated carbocycles. The second-order valence-corrected chi connectivity index (χ2v) is 9.49. The zero-order valence-electron chi connectivity index (χ0n) is 23.7. The zero-order valence-corrected chi connectivity index (χ0v) is 23.7. The predicted molar refractivity (Wildman–Crippen MR) is 156 cm³/mol. The standard InChI is InChI=1S/C32H40N2O6/c1-4-39-32(40-5-2,31(35)36-3)23-25-11-15-27(16-12-25)33-24-26-13-17-28(18-14-26)37-21-8-19-34-20-22-38-30-10-7-6-9-29(30)34/h6-7,9-18,33H,4-5,8,19-24H2,1-3H3. The van der Waals surface area contributed by atoms with E-state index in [1.54, 1.807) is 0 Å². The van der Waals surface area contributed by atoms with Crippen molar-refractivity contribution in [2.24, 2.45) is 0 Å². The van der Waals surface area contributed by atoms with Gasteiger partial charge in [0.15, 0.2) is 0 Å². The van der Waals surface area contributed by atoms with Crippen molar-refractivity contribution >= 4 is 17.3 Å². The van der Waals surface area contributed by atoms with Gasteiger partial charge >= 0.3 is 5.97 Å². The monoisotopic (exact) mass is 548 g/mol. The highest BCUT2D eigenvalue weighted by Gasteiger charge is 2.42. The third kappa shape index (κ3) is 7.67. The number of benzene rings is 3. The Hall–Kier alpha value is -3.75. The van der Waals surface area contributed by atoms with Gasteiger partial charge in [0.25, 0.3) is 5.79 Å². The van der Waals surface area contributed by atoms with E-state index in [0.717, 1.165) is 60.1 Å². The molecule has 40 heavy (non-hydrogen) atoms. The number of hydrogen-bond acceptors (Lipinski definition) is 8. The molecule has 214 valence electrons. The van der Waals surface area contributed by atoms with Gasteiger partial charge in [0.05, 0.1) is 25.9 Å². The van der Waals surface area contributed by atoms with Crippen LogP contribution in [0.5, 0.6) is 11.5 Å². The number of rotatable bonds is 15. The number of methoxy groups -OCH3 is 1. The molecule has 0 saturated heterocycles. The van der Waals surface area contributed by atoms with Crippen LogP contribution >= 0.6 is 0 Å². The number of fused-ring (bicyclic) bond motifs is 1. The van der Waals surface area contributed by atoms with Crippen LogP contribution in [-0.2, 0) is 32.0 Å². The van der Waals surface area contributed by atoms with E-state index in [-0.39, 0.29) is 6.42 Å². The molecule has 8 nitrogen and oxygen atoms in total. The van der Waals surface area contributed by atoms with Gasteiger partial charge in [-0.3, -0.25) is 0 Å². The van der Waals surface area contributed by atoms with E-state index in [1.807, 2.05) is 68.4 Å². The normalized spacial score (nSPS) is 12.8. The van der Waals surface area contributed by atoms with Gasteiger partial charge in [0.2, 0.25) is 0 Å². The number of hydrogen-bond donors (Lipinski definition) is 1. The molecule has 0 aliphatic carbocycles. The van der Waals surface area contributed by atoms with E-state index in [4.69, 9.17) is 23.7 Å². The number of ether oxygens (including phenoxy) is 5. The molecule has 0 aromatic heterocycles. The summed E-state index contributed by atoms with van der Waals surface area (Å²) in [4.78, 5) is 14.8. The third-order valence-corrected chi connectivity index (χ3v) is 6.73. The van der Waals surface area contributed by atoms with Crippen LogP contribution in [0.3, 0.4) is 0 Å². The fraction of sp³-hybridized carbons (Fsp3) is 0.406. The molecule has 1 aliphatic rings. The lowest BCUT2D eigenvalue weighted by Gasteiger charge is -2.31. The molecule has 0 radical (unpaired) electrons. The minimum Gasteiger partial charge on any atom is -0.494 e. The Balaban J connectivity index is 1.22. The first kappa shape index (κ1) is 29.2. The highest BCUT2D eigenvalue weighted by molar-refractivity contribution is 5.78. The Morgan fingerprint density at radius 2 is 1.65 bits per heavy atom. The van der Waals surface area contributed by atoms with Gasteiger partial charge in [-0.05, 0) is 67.8 Å². The van der Waals surface area contributed by atoms with Crippen molar-refractivity contribution in [3.05, 3.63) is 83.9 Å². The number of para-hydroxylation sites is 2. The molecule has 0 spiro atoms. The molecule has 0 atom stereocenters. The van der Waals surface area contributed by atoms with Gasteiger partial charge < -0.3 is 33.9 Å². The summed E-state index contributed by atoms with van der Waals surface area (Å²) in [5, 5.41) is 3.44. The Morgan fingerprint density at radius 3 is 2.35 bits per heavy atom. The van der Waals surface area contributed by atoms with Gasteiger partial charge in [-0.25, -0.2) is 4.79 Å². The Labute approximate surface area is 237 Å². The van der Waals surface area contributed by atoms with Crippen molar-refractivity contribution < 1.29 is 28.5 Å². The summed E-state index contributed by atoms with van der Waals surface area (Å²) in [5.74, 6) is -0.147. The van der Waals surface area contributed by atoms with Gasteiger partial charge in [0.1, 0.15) is 18.1 Å². The number of anilines is 2. The number of carbonyl (C=O) groups excluding carboxylic acids is 1. The van der Waals surface area contributed by atoms with Crippen LogP contribution in [0.25, 0.3) is 0 Å². The van der Waals surface area contributed by atoms with Crippen molar-refractivity contribution in [2.45, 2.75) is 39.0 Å². The van der Waals surface area contributed by atoms with E-state index in [0.29, 0.717) is 26.4 Å². The molecule has 1 aliphatic heterocycles. The van der Waals surface area contributed by atoms with Crippen LogP contribution in [0.1, 0.15) is 31.4 Å². The molecule has 3 aromatic rings. The van der Waals surface area contributed by atoms with Crippen LogP contribution in [0.4, 0.5) is 11.4 Å². The molecule has 0 amide bonds. The van der Waals surface area contributed by atoms with Crippen LogP contribution < -0.4 is 19.7 Å². The molecule has 3 aromatic carbocycles. The van der Waals surface area contributed by atoms with Crippen molar-refractivity contribution in [3.63, 3.8) is 0 Å². The molecule has 0 bridgehead atoms. The van der Waals surface area contributed by atoms with Crippen LogP contribution in [0.2, 0.25) is 0 Å². The average molecular weight is 549 g/mol. The highest BCUT2D eigenvalue weighted by Crippen LogP contribution is 2.31.